The molecule has 2 heterocycles. The maximum Gasteiger partial charge on any atom is 0.527 e. The Hall–Kier alpha value is -6.28. The van der Waals surface area contributed by atoms with Crippen LogP contribution in [0, 0.1) is 0 Å². The van der Waals surface area contributed by atoms with Crippen molar-refractivity contribution in [2.75, 3.05) is 70.9 Å². The van der Waals surface area contributed by atoms with E-state index in [0.717, 1.165) is 0 Å². The van der Waals surface area contributed by atoms with E-state index in [2.05, 4.69) is 31.7 Å². The van der Waals surface area contributed by atoms with E-state index in [1.54, 1.807) is 39.0 Å². The fraction of sp³-hybridized carbons (Fsp3) is 0.578. The number of para-hydroxylation sites is 1. The van der Waals surface area contributed by atoms with Gasteiger partial charge in [0.2, 0.25) is 29.5 Å². The number of aliphatic hydroxyl groups is 1. The van der Waals surface area contributed by atoms with E-state index < -0.39 is 92.4 Å². The molecule has 8 atom stereocenters. The second kappa shape index (κ2) is 27.5. The third kappa shape index (κ3) is 17.2. The summed E-state index contributed by atoms with van der Waals surface area (Å²) < 4.78 is 22.5. The molecule has 4 rings (SSSR count). The number of carboxylic acid groups (broad SMARTS) is 1. The van der Waals surface area contributed by atoms with Gasteiger partial charge in [-0.05, 0) is 115 Å². The fourth-order valence-electron chi connectivity index (χ4n) is 8.35. The lowest BCUT2D eigenvalue weighted by atomic mass is 10.0. The summed E-state index contributed by atoms with van der Waals surface area (Å²) in [5, 5.41) is 43.4. The predicted octanol–water partition coefficient (Wildman–Crippen LogP) is -1.30. The molecule has 27 heteroatoms. The highest BCUT2D eigenvalue weighted by Crippen LogP contribution is 2.44. The van der Waals surface area contributed by atoms with Gasteiger partial charge in [0, 0.05) is 33.1 Å². The Bertz CT molecular complexity index is 2250. The van der Waals surface area contributed by atoms with Gasteiger partial charge in [-0.2, -0.15) is 0 Å². The zero-order valence-corrected chi connectivity index (χ0v) is 42.3. The van der Waals surface area contributed by atoms with Crippen molar-refractivity contribution in [2.24, 2.45) is 22.2 Å². The first-order valence-corrected chi connectivity index (χ1v) is 25.2. The van der Waals surface area contributed by atoms with E-state index in [-0.39, 0.29) is 74.9 Å². The monoisotopic (exact) mass is 1030 g/mol. The number of likely N-dealkylation sites (N-methyl/N-ethyl adjacent to an activating group) is 1. The first-order valence-electron chi connectivity index (χ1n) is 23.7. The standard InChI is InChI=1S/C45H72N13O13P/c1-27(59)38-43(65)58(28(2)51-38)35(13-6-7-20-46)42(64)57-22-10-14-34(57)41(63)53-32(12-9-21-49-45(47)48)40(62)50-26-37(61)52-33(44(66)67)25-29-11-8-15-36(60)39(29)56(5)54-30-16-18-31(19-17-30)71-72(68,69)70-24-23-55(3)4/h8,11,15-19,27-28,32-35,38,51,54,59-60H,6-7,9-10,12-14,20-26,46H2,1-5H3,(H,50,62)(H,52,61)(H,53,63)(H,66,67)(H,68,69)(H4,47,48,49). The van der Waals surface area contributed by atoms with Crippen molar-refractivity contribution in [3.05, 3.63) is 48.0 Å². The highest BCUT2D eigenvalue weighted by atomic mass is 31.2. The van der Waals surface area contributed by atoms with Crippen LogP contribution in [0.15, 0.2) is 47.5 Å². The average Bonchev–Trinajstić information content (AvgIpc) is 3.92. The number of carboxylic acids is 1. The number of carbonyl (C=O) groups excluding carboxylic acids is 5. The second-order valence-corrected chi connectivity index (χ2v) is 19.2. The predicted molar refractivity (Wildman–Crippen MR) is 266 cm³/mol. The number of benzene rings is 2. The highest BCUT2D eigenvalue weighted by molar-refractivity contribution is 7.47. The molecule has 400 valence electrons. The van der Waals surface area contributed by atoms with Crippen LogP contribution in [-0.4, -0.2) is 179 Å². The van der Waals surface area contributed by atoms with E-state index in [1.165, 1.54) is 58.1 Å². The van der Waals surface area contributed by atoms with Gasteiger partial charge in [0.1, 0.15) is 47.4 Å². The van der Waals surface area contributed by atoms with E-state index in [9.17, 15) is 53.5 Å². The van der Waals surface area contributed by atoms with Crippen LogP contribution in [0.2, 0.25) is 0 Å². The van der Waals surface area contributed by atoms with Gasteiger partial charge in [0.25, 0.3) is 0 Å². The molecule has 26 nitrogen and oxygen atoms in total. The minimum Gasteiger partial charge on any atom is -0.506 e. The summed E-state index contributed by atoms with van der Waals surface area (Å²) in [4.78, 5) is 100. The van der Waals surface area contributed by atoms with Crippen LogP contribution >= 0.6 is 7.82 Å². The molecular weight excluding hydrogens is 962 g/mol. The van der Waals surface area contributed by atoms with Gasteiger partial charge >= 0.3 is 13.8 Å². The maximum absolute atomic E-state index is 14.3. The fourth-order valence-corrected chi connectivity index (χ4v) is 9.11. The van der Waals surface area contributed by atoms with Gasteiger partial charge in [0.15, 0.2) is 5.96 Å². The number of phenols is 1. The number of carbonyl (C=O) groups is 6. The summed E-state index contributed by atoms with van der Waals surface area (Å²) in [7, 11) is 0.708. The Morgan fingerprint density at radius 3 is 2.35 bits per heavy atom. The van der Waals surface area contributed by atoms with Crippen molar-refractivity contribution in [3.63, 3.8) is 0 Å². The van der Waals surface area contributed by atoms with E-state index in [0.29, 0.717) is 43.6 Å². The lowest BCUT2D eigenvalue weighted by Crippen LogP contribution is -2.58. The van der Waals surface area contributed by atoms with Crippen LogP contribution in [0.3, 0.4) is 0 Å². The number of guanidine groups is 1. The lowest BCUT2D eigenvalue weighted by molar-refractivity contribution is -0.149. The summed E-state index contributed by atoms with van der Waals surface area (Å²) in [5.41, 5.74) is 20.6. The zero-order valence-electron chi connectivity index (χ0n) is 41.4. The van der Waals surface area contributed by atoms with Gasteiger partial charge in [-0.15, -0.1) is 0 Å². The zero-order chi connectivity index (χ0) is 53.3. The van der Waals surface area contributed by atoms with Crippen LogP contribution in [0.5, 0.6) is 11.5 Å². The lowest BCUT2D eigenvalue weighted by Gasteiger charge is -2.35. The molecule has 2 fully saturated rings. The molecule has 15 N–H and O–H groups in total. The Balaban J connectivity index is 1.42. The number of phosphoric acid groups is 1. The van der Waals surface area contributed by atoms with Gasteiger partial charge in [-0.3, -0.25) is 54.1 Å². The van der Waals surface area contributed by atoms with Crippen molar-refractivity contribution in [1.82, 2.24) is 36.0 Å². The summed E-state index contributed by atoms with van der Waals surface area (Å²) >= 11 is 0. The van der Waals surface area contributed by atoms with E-state index >= 15 is 0 Å². The molecule has 8 unspecified atom stereocenters. The smallest absolute Gasteiger partial charge is 0.506 e. The summed E-state index contributed by atoms with van der Waals surface area (Å²) in [5.74, 6) is -5.05. The molecular formula is C45H72N13O13P. The number of aliphatic carboxylic acids is 1. The molecule has 2 saturated heterocycles. The number of aliphatic imine (C=N–C) groups is 1. The number of aromatic hydroxyl groups is 1. The summed E-state index contributed by atoms with van der Waals surface area (Å²) in [6, 6.07) is 4.61. The van der Waals surface area contributed by atoms with Crippen LogP contribution in [0.25, 0.3) is 0 Å². The number of rotatable bonds is 29. The minimum atomic E-state index is -4.40. The number of hydrazine groups is 1. The van der Waals surface area contributed by atoms with Crippen LogP contribution in [-0.2, 0) is 44.3 Å². The Morgan fingerprint density at radius 1 is 1.01 bits per heavy atom. The van der Waals surface area contributed by atoms with Gasteiger partial charge in [0.05, 0.1) is 31.1 Å². The SMILES string of the molecule is CC(O)C1NC(C)N(C(CCCCN)C(=O)N2CCCC2C(=O)NC(CCCN=C(N)N)C(=O)NCC(=O)NC(Cc2cccc(O)c2N(C)Nc2ccc(OP(=O)(O)OCCN(C)C)cc2)C(=O)O)C1=O. The molecule has 2 aromatic rings. The van der Waals surface area contributed by atoms with Crippen molar-refractivity contribution < 1.29 is 62.6 Å². The molecule has 0 saturated carbocycles. The maximum atomic E-state index is 14.3. The number of amides is 5. The molecule has 0 aromatic heterocycles. The number of nitrogens with zero attached hydrogens (tertiary/aromatic N) is 5. The molecule has 0 radical (unpaired) electrons. The van der Waals surface area contributed by atoms with Crippen LogP contribution in [0.4, 0.5) is 11.4 Å². The van der Waals surface area contributed by atoms with Gasteiger partial charge < -0.3 is 67.7 Å². The largest absolute Gasteiger partial charge is 0.527 e. The molecule has 0 bridgehead atoms. The van der Waals surface area contributed by atoms with Crippen LogP contribution < -0.4 is 53.4 Å². The summed E-state index contributed by atoms with van der Waals surface area (Å²) in [6.07, 6.45) is 0.336. The second-order valence-electron chi connectivity index (χ2n) is 17.9. The van der Waals surface area contributed by atoms with Gasteiger partial charge in [-0.25, -0.2) is 9.36 Å². The highest BCUT2D eigenvalue weighted by Gasteiger charge is 2.47. The molecule has 2 aromatic carbocycles. The Labute approximate surface area is 418 Å². The normalized spacial score (nSPS) is 19.1. The number of phosphoric ester groups is 1. The van der Waals surface area contributed by atoms with E-state index in [4.69, 9.17) is 26.2 Å². The van der Waals surface area contributed by atoms with Crippen molar-refractivity contribution in [2.45, 2.75) is 108 Å². The third-order valence-corrected chi connectivity index (χ3v) is 12.8. The van der Waals surface area contributed by atoms with Crippen LogP contribution in [0.1, 0.15) is 64.4 Å². The third-order valence-electron chi connectivity index (χ3n) is 11.9. The quantitative estimate of drug-likeness (QED) is 0.0148. The van der Waals surface area contributed by atoms with Crippen molar-refractivity contribution in [3.8, 4) is 11.5 Å². The number of anilines is 2. The summed E-state index contributed by atoms with van der Waals surface area (Å²) in [6.45, 7) is 3.50. The first kappa shape index (κ1) is 58.3. The first-order chi connectivity index (χ1) is 34.0. The number of aliphatic hydroxyl groups excluding tert-OH is 1. The molecule has 0 spiro atoms. The van der Waals surface area contributed by atoms with Crippen molar-refractivity contribution in [1.29, 1.82) is 0 Å². The number of phenolic OH excluding ortho intramolecular Hbond substituents is 1. The molecule has 2 aliphatic rings. The Morgan fingerprint density at radius 2 is 1.72 bits per heavy atom. The molecule has 2 aliphatic heterocycles. The Kier molecular flexibility index (Phi) is 22.3. The number of hydrogen-bond acceptors (Lipinski definition) is 17. The average molecular weight is 1030 g/mol. The molecule has 72 heavy (non-hydrogen) atoms. The topological polar surface area (TPSA) is 382 Å². The number of nitrogens with one attached hydrogen (secondary N) is 5. The number of hydrogen-bond donors (Lipinski definition) is 12. The minimum absolute atomic E-state index is 0.000944. The number of unbranched alkanes of at least 4 members (excludes halogenated alkanes) is 1. The van der Waals surface area contributed by atoms with E-state index in [1.807, 2.05) is 0 Å². The van der Waals surface area contributed by atoms with Crippen molar-refractivity contribution >= 4 is 60.7 Å². The number of nitrogens with two attached hydrogens (primary N) is 3. The number of likely N-dealkylation sites (tertiary alicyclic amines) is 1. The van der Waals surface area contributed by atoms with Gasteiger partial charge in [-0.1, -0.05) is 12.1 Å². The molecule has 0 aliphatic carbocycles. The molecule has 5 amide bonds.